The van der Waals surface area contributed by atoms with Crippen LogP contribution in [-0.4, -0.2) is 29.0 Å². The highest BCUT2D eigenvalue weighted by Crippen LogP contribution is 2.10. The molecule has 0 aromatic heterocycles. The average molecular weight is 201 g/mol. The molecule has 13 heavy (non-hydrogen) atoms. The molecule has 0 saturated carbocycles. The molecule has 0 bridgehead atoms. The number of hydrogen-bond donors (Lipinski definition) is 0. The van der Waals surface area contributed by atoms with Crippen LogP contribution in [-0.2, 0) is 4.79 Å². The molecule has 76 valence electrons. The van der Waals surface area contributed by atoms with E-state index < -0.39 is 0 Å². The Morgan fingerprint density at radius 3 is 2.46 bits per heavy atom. The predicted octanol–water partition coefficient (Wildman–Crippen LogP) is 2.57. The van der Waals surface area contributed by atoms with Gasteiger partial charge >= 0.3 is 0 Å². The first-order valence-electron chi connectivity index (χ1n) is 4.63. The largest absolute Gasteiger partial charge is 0.298 e. The van der Waals surface area contributed by atoms with Crippen LogP contribution < -0.4 is 0 Å². The molecule has 0 N–H and O–H groups in total. The van der Waals surface area contributed by atoms with E-state index in [1.807, 2.05) is 25.6 Å². The van der Waals surface area contributed by atoms with E-state index in [1.54, 1.807) is 0 Å². The molecule has 0 saturated heterocycles. The average Bonchev–Trinajstić information content (AvgIpc) is 2.00. The van der Waals surface area contributed by atoms with E-state index >= 15 is 0 Å². The number of ketones is 1. The second-order valence-electron chi connectivity index (χ2n) is 3.47. The Morgan fingerprint density at radius 1 is 1.38 bits per heavy atom. The molecule has 0 fully saturated rings. The molecule has 0 aliphatic heterocycles. The zero-order valence-corrected chi connectivity index (χ0v) is 9.78. The monoisotopic (exact) mass is 201 g/mol. The first-order valence-corrected chi connectivity index (χ1v) is 5.68. The molecule has 0 unspecified atom stereocenters. The van der Waals surface area contributed by atoms with E-state index in [0.29, 0.717) is 18.2 Å². The topological polar surface area (TPSA) is 29.4 Å². The third-order valence-electron chi connectivity index (χ3n) is 1.40. The normalized spacial score (nSPS) is 10.2. The van der Waals surface area contributed by atoms with Crippen molar-refractivity contribution in [1.82, 2.24) is 0 Å². The standard InChI is InChI=1S/C10H19NOS/c1-8(2)11-7-10(12)5-6-13-9(3)4/h9H,5-7H2,1-4H3. The number of carbonyl (C=O) groups is 1. The minimum absolute atomic E-state index is 0.245. The van der Waals surface area contributed by atoms with Crippen LogP contribution in [0.15, 0.2) is 4.99 Å². The lowest BCUT2D eigenvalue weighted by Gasteiger charge is -2.02. The summed E-state index contributed by atoms with van der Waals surface area (Å²) in [6, 6.07) is 0. The Labute approximate surface area is 85.2 Å². The molecule has 0 amide bonds. The van der Waals surface area contributed by atoms with E-state index in [2.05, 4.69) is 18.8 Å². The highest BCUT2D eigenvalue weighted by Gasteiger charge is 2.01. The van der Waals surface area contributed by atoms with Crippen molar-refractivity contribution in [1.29, 1.82) is 0 Å². The number of nitrogens with zero attached hydrogens (tertiary/aromatic N) is 1. The Hall–Kier alpha value is -0.310. The molecule has 0 atom stereocenters. The second-order valence-corrected chi connectivity index (χ2v) is 5.16. The molecule has 0 rings (SSSR count). The number of rotatable bonds is 6. The molecule has 3 heteroatoms. The van der Waals surface area contributed by atoms with Crippen LogP contribution in [0.25, 0.3) is 0 Å². The summed E-state index contributed by atoms with van der Waals surface area (Å²) in [6.45, 7) is 8.47. The summed E-state index contributed by atoms with van der Waals surface area (Å²) < 4.78 is 0. The van der Waals surface area contributed by atoms with Gasteiger partial charge in [0.05, 0.1) is 6.54 Å². The van der Waals surface area contributed by atoms with Gasteiger partial charge in [-0.2, -0.15) is 11.8 Å². The van der Waals surface area contributed by atoms with Gasteiger partial charge in [-0.15, -0.1) is 0 Å². The lowest BCUT2D eigenvalue weighted by Crippen LogP contribution is -2.06. The molecule has 0 aliphatic rings. The van der Waals surface area contributed by atoms with Gasteiger partial charge < -0.3 is 0 Å². The molecule has 0 aromatic rings. The van der Waals surface area contributed by atoms with Gasteiger partial charge in [0.2, 0.25) is 0 Å². The molecular weight excluding hydrogens is 182 g/mol. The quantitative estimate of drug-likeness (QED) is 0.618. The van der Waals surface area contributed by atoms with Crippen LogP contribution in [0.4, 0.5) is 0 Å². The summed E-state index contributed by atoms with van der Waals surface area (Å²) in [4.78, 5) is 15.3. The zero-order chi connectivity index (χ0) is 10.3. The SMILES string of the molecule is CC(C)=NCC(=O)CCSC(C)C. The van der Waals surface area contributed by atoms with Gasteiger partial charge in [-0.3, -0.25) is 9.79 Å². The fourth-order valence-electron chi connectivity index (χ4n) is 0.734. The van der Waals surface area contributed by atoms with Crippen molar-refractivity contribution in [3.63, 3.8) is 0 Å². The molecule has 0 radical (unpaired) electrons. The fraction of sp³-hybridized carbons (Fsp3) is 0.800. The molecule has 0 aromatic carbocycles. The van der Waals surface area contributed by atoms with E-state index in [4.69, 9.17) is 0 Å². The van der Waals surface area contributed by atoms with Crippen LogP contribution in [0.2, 0.25) is 0 Å². The van der Waals surface area contributed by atoms with Crippen LogP contribution in [0.5, 0.6) is 0 Å². The van der Waals surface area contributed by atoms with Gasteiger partial charge in [0.25, 0.3) is 0 Å². The maximum Gasteiger partial charge on any atom is 0.155 e. The van der Waals surface area contributed by atoms with Crippen LogP contribution in [0.3, 0.4) is 0 Å². The molecule has 2 nitrogen and oxygen atoms in total. The Kier molecular flexibility index (Phi) is 6.96. The van der Waals surface area contributed by atoms with Gasteiger partial charge in [0.15, 0.2) is 5.78 Å². The van der Waals surface area contributed by atoms with E-state index in [9.17, 15) is 4.79 Å². The third kappa shape index (κ3) is 9.61. The highest BCUT2D eigenvalue weighted by molar-refractivity contribution is 7.99. The highest BCUT2D eigenvalue weighted by atomic mass is 32.2. The van der Waals surface area contributed by atoms with Crippen molar-refractivity contribution in [2.24, 2.45) is 4.99 Å². The molecule has 0 spiro atoms. The Morgan fingerprint density at radius 2 is 2.00 bits per heavy atom. The van der Waals surface area contributed by atoms with Gasteiger partial charge in [-0.25, -0.2) is 0 Å². The van der Waals surface area contributed by atoms with Crippen molar-refractivity contribution >= 4 is 23.3 Å². The summed E-state index contributed by atoms with van der Waals surface area (Å²) in [5.41, 5.74) is 0.977. The van der Waals surface area contributed by atoms with Crippen molar-refractivity contribution < 1.29 is 4.79 Å². The summed E-state index contributed by atoms with van der Waals surface area (Å²) in [5, 5.41) is 0.615. The van der Waals surface area contributed by atoms with Crippen LogP contribution in [0.1, 0.15) is 34.1 Å². The van der Waals surface area contributed by atoms with Crippen molar-refractivity contribution in [3.8, 4) is 0 Å². The minimum Gasteiger partial charge on any atom is -0.298 e. The summed E-state index contributed by atoms with van der Waals surface area (Å²) in [5.74, 6) is 1.17. The third-order valence-corrected chi connectivity index (χ3v) is 2.51. The second kappa shape index (κ2) is 7.13. The molecule has 0 aliphatic carbocycles. The number of thioether (sulfide) groups is 1. The number of carbonyl (C=O) groups excluding carboxylic acids is 1. The Balaban J connectivity index is 3.47. The maximum atomic E-state index is 11.2. The van der Waals surface area contributed by atoms with Gasteiger partial charge in [-0.1, -0.05) is 13.8 Å². The maximum absolute atomic E-state index is 11.2. The molecular formula is C10H19NOS. The molecule has 0 heterocycles. The lowest BCUT2D eigenvalue weighted by atomic mass is 10.3. The van der Waals surface area contributed by atoms with Gasteiger partial charge in [-0.05, 0) is 19.1 Å². The summed E-state index contributed by atoms with van der Waals surface area (Å²) >= 11 is 1.82. The predicted molar refractivity (Wildman–Crippen MR) is 60.9 cm³/mol. The van der Waals surface area contributed by atoms with E-state index in [1.165, 1.54) is 0 Å². The first kappa shape index (κ1) is 12.7. The van der Waals surface area contributed by atoms with Gasteiger partial charge in [0, 0.05) is 17.9 Å². The summed E-state index contributed by atoms with van der Waals surface area (Å²) in [7, 11) is 0. The Bertz CT molecular complexity index is 183. The lowest BCUT2D eigenvalue weighted by molar-refractivity contribution is -0.117. The smallest absolute Gasteiger partial charge is 0.155 e. The number of hydrogen-bond acceptors (Lipinski definition) is 3. The first-order chi connectivity index (χ1) is 6.02. The van der Waals surface area contributed by atoms with Crippen LogP contribution >= 0.6 is 11.8 Å². The fourth-order valence-corrected chi connectivity index (χ4v) is 1.55. The zero-order valence-electron chi connectivity index (χ0n) is 8.96. The minimum atomic E-state index is 0.245. The van der Waals surface area contributed by atoms with Crippen molar-refractivity contribution in [2.75, 3.05) is 12.3 Å². The van der Waals surface area contributed by atoms with E-state index in [-0.39, 0.29) is 5.78 Å². The summed E-state index contributed by atoms with van der Waals surface area (Å²) in [6.07, 6.45) is 0.652. The number of aliphatic imine (C=N–C) groups is 1. The van der Waals surface area contributed by atoms with Crippen molar-refractivity contribution in [2.45, 2.75) is 39.4 Å². The van der Waals surface area contributed by atoms with Crippen molar-refractivity contribution in [3.05, 3.63) is 0 Å². The van der Waals surface area contributed by atoms with Gasteiger partial charge in [0.1, 0.15) is 0 Å². The van der Waals surface area contributed by atoms with Crippen LogP contribution in [0, 0.1) is 0 Å². The number of Topliss-reactive ketones (excluding diaryl/α,β-unsaturated/α-hetero) is 1. The van der Waals surface area contributed by atoms with E-state index in [0.717, 1.165) is 11.5 Å².